The quantitative estimate of drug-likeness (QED) is 0.176. The van der Waals surface area contributed by atoms with E-state index in [0.29, 0.717) is 5.95 Å². The molecule has 0 aliphatic carbocycles. The van der Waals surface area contributed by atoms with Crippen LogP contribution in [0.25, 0.3) is 110 Å². The van der Waals surface area contributed by atoms with Crippen LogP contribution in [-0.4, -0.2) is 19.1 Å². The van der Waals surface area contributed by atoms with E-state index in [-0.39, 0.29) is 0 Å². The molecule has 4 heteroatoms. The molecule has 0 N–H and O–H groups in total. The molecule has 0 spiro atoms. The highest BCUT2D eigenvalue weighted by atomic mass is 15.2. The fraction of sp³-hybridized carbons (Fsp3) is 0. The lowest BCUT2D eigenvalue weighted by Gasteiger charge is -2.12. The molecular weight excluding hydrogens is 705 g/mol. The van der Waals surface area contributed by atoms with Crippen LogP contribution in [0.1, 0.15) is 0 Å². The van der Waals surface area contributed by atoms with Crippen LogP contribution >= 0.6 is 0 Å². The van der Waals surface area contributed by atoms with Crippen molar-refractivity contribution >= 4 is 65.3 Å². The zero-order chi connectivity index (χ0) is 38.2. The molecule has 58 heavy (non-hydrogen) atoms. The van der Waals surface area contributed by atoms with Crippen molar-refractivity contribution in [3.05, 3.63) is 206 Å². The van der Waals surface area contributed by atoms with Crippen molar-refractivity contribution in [3.8, 4) is 45.1 Å². The Hall–Kier alpha value is -7.82. The Bertz CT molecular complexity index is 3540. The average Bonchev–Trinajstić information content (AvgIpc) is 3.82. The maximum atomic E-state index is 5.33. The molecule has 3 heterocycles. The van der Waals surface area contributed by atoms with Gasteiger partial charge in [0.05, 0.1) is 33.3 Å². The van der Waals surface area contributed by atoms with E-state index in [9.17, 15) is 0 Å². The summed E-state index contributed by atoms with van der Waals surface area (Å²) in [7, 11) is 0. The van der Waals surface area contributed by atoms with Crippen LogP contribution < -0.4 is 0 Å². The fourth-order valence-corrected chi connectivity index (χ4v) is 9.03. The Morgan fingerprint density at radius 1 is 0.310 bits per heavy atom. The summed E-state index contributed by atoms with van der Waals surface area (Å²) in [6.07, 6.45) is 0. The van der Waals surface area contributed by atoms with E-state index in [1.54, 1.807) is 0 Å². The number of nitrogens with zero attached hydrogens (tertiary/aromatic N) is 4. The minimum atomic E-state index is 0.659. The van der Waals surface area contributed by atoms with E-state index in [4.69, 9.17) is 9.97 Å². The minimum absolute atomic E-state index is 0.659. The Morgan fingerprint density at radius 3 is 1.64 bits per heavy atom. The van der Waals surface area contributed by atoms with Crippen LogP contribution in [0.15, 0.2) is 206 Å². The smallest absolute Gasteiger partial charge is 0.235 e. The topological polar surface area (TPSA) is 35.6 Å². The first kappa shape index (κ1) is 32.4. The molecule has 12 aromatic rings. The normalized spacial score (nSPS) is 11.8. The third kappa shape index (κ3) is 5.02. The molecule has 270 valence electrons. The zero-order valence-corrected chi connectivity index (χ0v) is 31.4. The first-order chi connectivity index (χ1) is 28.8. The second-order valence-corrected chi connectivity index (χ2v) is 15.0. The monoisotopic (exact) mass is 738 g/mol. The van der Waals surface area contributed by atoms with Crippen LogP contribution in [0.2, 0.25) is 0 Å². The highest BCUT2D eigenvalue weighted by molar-refractivity contribution is 6.22. The van der Waals surface area contributed by atoms with Gasteiger partial charge in [-0.1, -0.05) is 152 Å². The molecule has 0 aliphatic heterocycles. The molecule has 0 aliphatic rings. The summed E-state index contributed by atoms with van der Waals surface area (Å²) in [5, 5.41) is 8.28. The predicted molar refractivity (Wildman–Crippen MR) is 242 cm³/mol. The maximum Gasteiger partial charge on any atom is 0.235 e. The van der Waals surface area contributed by atoms with Gasteiger partial charge in [-0.05, 0) is 87.6 Å². The van der Waals surface area contributed by atoms with Crippen LogP contribution in [0, 0.1) is 0 Å². The summed E-state index contributed by atoms with van der Waals surface area (Å²) >= 11 is 0. The second kappa shape index (κ2) is 12.9. The largest absolute Gasteiger partial charge is 0.309 e. The molecular formula is C54H34N4. The van der Waals surface area contributed by atoms with Crippen molar-refractivity contribution in [2.24, 2.45) is 0 Å². The summed E-state index contributed by atoms with van der Waals surface area (Å²) in [5.41, 5.74) is 13.3. The van der Waals surface area contributed by atoms with Crippen molar-refractivity contribution in [1.29, 1.82) is 0 Å². The molecule has 4 nitrogen and oxygen atoms in total. The van der Waals surface area contributed by atoms with Gasteiger partial charge in [0.2, 0.25) is 5.95 Å². The van der Waals surface area contributed by atoms with Crippen LogP contribution in [0.4, 0.5) is 0 Å². The molecule has 0 fully saturated rings. The summed E-state index contributed by atoms with van der Waals surface area (Å²) in [4.78, 5) is 10.6. The molecule has 0 unspecified atom stereocenters. The summed E-state index contributed by atoms with van der Waals surface area (Å²) < 4.78 is 4.64. The van der Waals surface area contributed by atoms with Crippen molar-refractivity contribution in [2.45, 2.75) is 0 Å². The van der Waals surface area contributed by atoms with E-state index in [1.807, 2.05) is 6.07 Å². The van der Waals surface area contributed by atoms with Crippen LogP contribution in [0.5, 0.6) is 0 Å². The first-order valence-electron chi connectivity index (χ1n) is 19.7. The Labute approximate surface area is 334 Å². The van der Waals surface area contributed by atoms with Crippen LogP contribution in [-0.2, 0) is 0 Å². The molecule has 9 aromatic carbocycles. The number of fused-ring (bicyclic) bond motifs is 9. The SMILES string of the molecule is c1ccc(-c2ccc(-n3c4ccccc4c4cc(-c5ccc6c(c5)c5c7ccccc7ccc5n6-c5nc(-c6ccccc6)c6ccccc6n5)ccc43)cc2)cc1. The summed E-state index contributed by atoms with van der Waals surface area (Å²) in [5.74, 6) is 0.659. The molecule has 12 rings (SSSR count). The Morgan fingerprint density at radius 2 is 0.862 bits per heavy atom. The highest BCUT2D eigenvalue weighted by Gasteiger charge is 2.20. The minimum Gasteiger partial charge on any atom is -0.309 e. The van der Waals surface area contributed by atoms with E-state index in [2.05, 4.69) is 209 Å². The maximum absolute atomic E-state index is 5.33. The molecule has 0 amide bonds. The lowest BCUT2D eigenvalue weighted by atomic mass is 9.99. The standard InChI is InChI=1S/C54H34N4/c1-3-13-35(14-4-1)36-23-28-41(29-24-36)57-48-22-12-10-19-43(48)45-33-39(26-30-49(45)57)40-27-31-50-46(34-40)52-42-18-8-7-15-37(42)25-32-51(52)58(50)54-55-47-21-11-9-20-44(47)53(56-54)38-16-5-2-6-17-38/h1-34H. The third-order valence-corrected chi connectivity index (χ3v) is 11.7. The van der Waals surface area contributed by atoms with Crippen molar-refractivity contribution in [3.63, 3.8) is 0 Å². The van der Waals surface area contributed by atoms with Gasteiger partial charge in [0.25, 0.3) is 0 Å². The van der Waals surface area contributed by atoms with Crippen molar-refractivity contribution in [1.82, 2.24) is 19.1 Å². The number of aromatic nitrogens is 4. The van der Waals surface area contributed by atoms with E-state index >= 15 is 0 Å². The van der Waals surface area contributed by atoms with E-state index < -0.39 is 0 Å². The Balaban J connectivity index is 1.06. The number of hydrogen-bond acceptors (Lipinski definition) is 2. The van der Waals surface area contributed by atoms with Gasteiger partial charge in [-0.2, -0.15) is 0 Å². The molecule has 3 aromatic heterocycles. The molecule has 0 saturated carbocycles. The summed E-state index contributed by atoms with van der Waals surface area (Å²) in [6.45, 7) is 0. The van der Waals surface area contributed by atoms with Gasteiger partial charge < -0.3 is 4.57 Å². The fourth-order valence-electron chi connectivity index (χ4n) is 9.03. The highest BCUT2D eigenvalue weighted by Crippen LogP contribution is 2.41. The van der Waals surface area contributed by atoms with Gasteiger partial charge in [0.15, 0.2) is 0 Å². The van der Waals surface area contributed by atoms with Gasteiger partial charge >= 0.3 is 0 Å². The number of rotatable bonds is 5. The molecule has 0 radical (unpaired) electrons. The lowest BCUT2D eigenvalue weighted by Crippen LogP contribution is -2.03. The first-order valence-corrected chi connectivity index (χ1v) is 19.7. The van der Waals surface area contributed by atoms with Crippen molar-refractivity contribution < 1.29 is 0 Å². The predicted octanol–water partition coefficient (Wildman–Crippen LogP) is 14.0. The van der Waals surface area contributed by atoms with Crippen LogP contribution in [0.3, 0.4) is 0 Å². The van der Waals surface area contributed by atoms with Gasteiger partial charge in [0, 0.05) is 38.2 Å². The van der Waals surface area contributed by atoms with E-state index in [1.165, 1.54) is 60.0 Å². The number of benzene rings is 9. The third-order valence-electron chi connectivity index (χ3n) is 11.7. The Kier molecular flexibility index (Phi) is 7.20. The van der Waals surface area contributed by atoms with Gasteiger partial charge in [-0.3, -0.25) is 4.57 Å². The lowest BCUT2D eigenvalue weighted by molar-refractivity contribution is 1.01. The second-order valence-electron chi connectivity index (χ2n) is 15.0. The number of para-hydroxylation sites is 2. The van der Waals surface area contributed by atoms with Gasteiger partial charge in [0.1, 0.15) is 0 Å². The zero-order valence-electron chi connectivity index (χ0n) is 31.4. The van der Waals surface area contributed by atoms with E-state index in [0.717, 1.165) is 44.4 Å². The van der Waals surface area contributed by atoms with Gasteiger partial charge in [-0.25, -0.2) is 9.97 Å². The number of hydrogen-bond donors (Lipinski definition) is 0. The van der Waals surface area contributed by atoms with Crippen molar-refractivity contribution in [2.75, 3.05) is 0 Å². The summed E-state index contributed by atoms with van der Waals surface area (Å²) in [6, 6.07) is 73.9. The molecule has 0 saturated heterocycles. The molecule has 0 atom stereocenters. The van der Waals surface area contributed by atoms with Gasteiger partial charge in [-0.15, -0.1) is 0 Å². The molecule has 0 bridgehead atoms. The average molecular weight is 739 g/mol.